The number of amides is 1. The van der Waals surface area contributed by atoms with E-state index in [2.05, 4.69) is 10.6 Å². The summed E-state index contributed by atoms with van der Waals surface area (Å²) in [6, 6.07) is 7.22. The molecule has 2 rings (SSSR count). The summed E-state index contributed by atoms with van der Waals surface area (Å²) in [7, 11) is 1.66. The number of rotatable bonds is 5. The molecule has 1 amide bonds. The highest BCUT2D eigenvalue weighted by atomic mass is 19.1. The Balaban J connectivity index is 1.77. The number of carbonyl (C=O) groups is 1. The summed E-state index contributed by atoms with van der Waals surface area (Å²) in [4.78, 5) is 11.7. The van der Waals surface area contributed by atoms with Crippen LogP contribution in [0.4, 0.5) is 4.39 Å². The molecule has 0 unspecified atom stereocenters. The van der Waals surface area contributed by atoms with Crippen molar-refractivity contribution in [3.05, 3.63) is 35.6 Å². The molecule has 20 heavy (non-hydrogen) atoms. The normalized spacial score (nSPS) is 22.2. The quantitative estimate of drug-likeness (QED) is 0.868. The van der Waals surface area contributed by atoms with Crippen molar-refractivity contribution in [3.63, 3.8) is 0 Å². The average Bonchev–Trinajstić information content (AvgIpc) is 2.37. The van der Waals surface area contributed by atoms with Gasteiger partial charge in [0, 0.05) is 19.6 Å². The molecule has 1 aliphatic carbocycles. The van der Waals surface area contributed by atoms with Crippen molar-refractivity contribution >= 4 is 5.91 Å². The number of hydrogen-bond acceptors (Lipinski definition) is 2. The second-order valence-corrected chi connectivity index (χ2v) is 6.26. The van der Waals surface area contributed by atoms with Gasteiger partial charge in [-0.2, -0.15) is 0 Å². The number of benzene rings is 1. The second-order valence-electron chi connectivity index (χ2n) is 6.26. The number of hydrogen-bond donors (Lipinski definition) is 2. The van der Waals surface area contributed by atoms with Crippen molar-refractivity contribution in [1.82, 2.24) is 10.6 Å². The zero-order valence-electron chi connectivity index (χ0n) is 12.4. The lowest BCUT2D eigenvalue weighted by Crippen LogP contribution is -2.48. The SMILES string of the molecule is CNC(=O)C(C)(C)CNC1CC(c2ccc(F)cc2)C1. The standard InChI is InChI=1S/C16H23FN2O/c1-16(2,15(20)18-3)10-19-14-8-12(9-14)11-4-6-13(17)7-5-11/h4-7,12,14,19H,8-10H2,1-3H3,(H,18,20). The molecule has 0 bridgehead atoms. The van der Waals surface area contributed by atoms with E-state index >= 15 is 0 Å². The van der Waals surface area contributed by atoms with Crippen LogP contribution >= 0.6 is 0 Å². The predicted octanol–water partition coefficient (Wildman–Crippen LogP) is 2.43. The highest BCUT2D eigenvalue weighted by Gasteiger charge is 2.33. The Labute approximate surface area is 120 Å². The van der Waals surface area contributed by atoms with E-state index in [4.69, 9.17) is 0 Å². The minimum Gasteiger partial charge on any atom is -0.359 e. The third-order valence-corrected chi connectivity index (χ3v) is 4.15. The van der Waals surface area contributed by atoms with Gasteiger partial charge in [0.25, 0.3) is 0 Å². The van der Waals surface area contributed by atoms with Crippen molar-refractivity contribution in [2.75, 3.05) is 13.6 Å². The Morgan fingerprint density at radius 3 is 2.45 bits per heavy atom. The van der Waals surface area contributed by atoms with Crippen molar-refractivity contribution in [2.45, 2.75) is 38.6 Å². The number of halogens is 1. The largest absolute Gasteiger partial charge is 0.359 e. The van der Waals surface area contributed by atoms with Crippen LogP contribution in [0, 0.1) is 11.2 Å². The van der Waals surface area contributed by atoms with E-state index < -0.39 is 5.41 Å². The lowest BCUT2D eigenvalue weighted by Gasteiger charge is -2.38. The maximum Gasteiger partial charge on any atom is 0.226 e. The maximum atomic E-state index is 12.9. The monoisotopic (exact) mass is 278 g/mol. The lowest BCUT2D eigenvalue weighted by atomic mass is 9.75. The molecular weight excluding hydrogens is 255 g/mol. The molecule has 0 aliphatic heterocycles. The van der Waals surface area contributed by atoms with E-state index in [1.54, 1.807) is 7.05 Å². The van der Waals surface area contributed by atoms with E-state index in [-0.39, 0.29) is 11.7 Å². The van der Waals surface area contributed by atoms with Gasteiger partial charge in [0.15, 0.2) is 0 Å². The van der Waals surface area contributed by atoms with Crippen molar-refractivity contribution in [3.8, 4) is 0 Å². The molecule has 110 valence electrons. The number of carbonyl (C=O) groups excluding carboxylic acids is 1. The van der Waals surface area contributed by atoms with E-state index in [0.717, 1.165) is 12.8 Å². The minimum absolute atomic E-state index is 0.0550. The van der Waals surface area contributed by atoms with Crippen LogP contribution in [0.2, 0.25) is 0 Å². The molecule has 1 aromatic rings. The summed E-state index contributed by atoms with van der Waals surface area (Å²) in [6.07, 6.45) is 2.10. The van der Waals surface area contributed by atoms with Crippen LogP contribution in [0.3, 0.4) is 0 Å². The zero-order valence-corrected chi connectivity index (χ0v) is 12.4. The van der Waals surface area contributed by atoms with Crippen LogP contribution in [0.1, 0.15) is 38.2 Å². The Bertz CT molecular complexity index is 464. The van der Waals surface area contributed by atoms with Gasteiger partial charge in [-0.3, -0.25) is 4.79 Å². The van der Waals surface area contributed by atoms with Crippen LogP contribution in [-0.2, 0) is 4.79 Å². The summed E-state index contributed by atoms with van der Waals surface area (Å²) in [5.74, 6) is 0.380. The molecule has 1 aromatic carbocycles. The molecule has 0 heterocycles. The van der Waals surface area contributed by atoms with Gasteiger partial charge in [-0.15, -0.1) is 0 Å². The van der Waals surface area contributed by atoms with Crippen LogP contribution in [0.15, 0.2) is 24.3 Å². The summed E-state index contributed by atoms with van der Waals surface area (Å²) >= 11 is 0. The van der Waals surface area contributed by atoms with Gasteiger partial charge >= 0.3 is 0 Å². The van der Waals surface area contributed by atoms with Gasteiger partial charge in [-0.25, -0.2) is 4.39 Å². The van der Waals surface area contributed by atoms with Crippen molar-refractivity contribution in [2.24, 2.45) is 5.41 Å². The molecule has 0 saturated heterocycles. The smallest absolute Gasteiger partial charge is 0.226 e. The zero-order chi connectivity index (χ0) is 14.8. The third-order valence-electron chi connectivity index (χ3n) is 4.15. The van der Waals surface area contributed by atoms with Crippen molar-refractivity contribution < 1.29 is 9.18 Å². The van der Waals surface area contributed by atoms with Gasteiger partial charge in [0.05, 0.1) is 5.41 Å². The molecular formula is C16H23FN2O. The first-order chi connectivity index (χ1) is 9.42. The summed E-state index contributed by atoms with van der Waals surface area (Å²) in [5.41, 5.74) is 0.811. The summed E-state index contributed by atoms with van der Waals surface area (Å²) in [5, 5.41) is 6.14. The fourth-order valence-corrected chi connectivity index (χ4v) is 2.61. The van der Waals surface area contributed by atoms with Gasteiger partial charge in [-0.1, -0.05) is 12.1 Å². The molecule has 2 N–H and O–H groups in total. The second kappa shape index (κ2) is 5.92. The average molecular weight is 278 g/mol. The topological polar surface area (TPSA) is 41.1 Å². The molecule has 1 fully saturated rings. The van der Waals surface area contributed by atoms with Crippen LogP contribution in [0.25, 0.3) is 0 Å². The van der Waals surface area contributed by atoms with E-state index in [1.165, 1.54) is 17.7 Å². The summed E-state index contributed by atoms with van der Waals surface area (Å²) in [6.45, 7) is 4.55. The predicted molar refractivity (Wildman–Crippen MR) is 78.0 cm³/mol. The van der Waals surface area contributed by atoms with Crippen LogP contribution in [-0.4, -0.2) is 25.5 Å². The Morgan fingerprint density at radius 1 is 1.30 bits per heavy atom. The molecule has 0 atom stereocenters. The molecule has 3 nitrogen and oxygen atoms in total. The minimum atomic E-state index is -0.393. The van der Waals surface area contributed by atoms with Crippen molar-refractivity contribution in [1.29, 1.82) is 0 Å². The Hall–Kier alpha value is -1.42. The highest BCUT2D eigenvalue weighted by Crippen LogP contribution is 2.37. The molecule has 0 spiro atoms. The Kier molecular flexibility index (Phi) is 4.43. The first kappa shape index (κ1) is 15.0. The number of nitrogens with one attached hydrogen (secondary N) is 2. The van der Waals surface area contributed by atoms with Gasteiger partial charge in [0.1, 0.15) is 5.82 Å². The van der Waals surface area contributed by atoms with Gasteiger partial charge in [0.2, 0.25) is 5.91 Å². The van der Waals surface area contributed by atoms with E-state index in [1.807, 2.05) is 26.0 Å². The third kappa shape index (κ3) is 3.37. The molecule has 0 radical (unpaired) electrons. The molecule has 4 heteroatoms. The van der Waals surface area contributed by atoms with E-state index in [0.29, 0.717) is 18.5 Å². The summed E-state index contributed by atoms with van der Waals surface area (Å²) < 4.78 is 12.9. The fourth-order valence-electron chi connectivity index (χ4n) is 2.61. The first-order valence-electron chi connectivity index (χ1n) is 7.13. The molecule has 1 saturated carbocycles. The van der Waals surface area contributed by atoms with Gasteiger partial charge < -0.3 is 10.6 Å². The van der Waals surface area contributed by atoms with Crippen LogP contribution in [0.5, 0.6) is 0 Å². The fraction of sp³-hybridized carbons (Fsp3) is 0.562. The highest BCUT2D eigenvalue weighted by molar-refractivity contribution is 5.81. The first-order valence-corrected chi connectivity index (χ1v) is 7.13. The molecule has 1 aliphatic rings. The van der Waals surface area contributed by atoms with E-state index in [9.17, 15) is 9.18 Å². The maximum absolute atomic E-state index is 12.9. The Morgan fingerprint density at radius 2 is 1.90 bits per heavy atom. The molecule has 0 aromatic heterocycles. The lowest BCUT2D eigenvalue weighted by molar-refractivity contribution is -0.128. The van der Waals surface area contributed by atoms with Gasteiger partial charge in [-0.05, 0) is 50.3 Å². The van der Waals surface area contributed by atoms with Crippen LogP contribution < -0.4 is 10.6 Å².